The van der Waals surface area contributed by atoms with Crippen molar-refractivity contribution >= 4 is 27.4 Å². The number of aromatic nitrogens is 2. The Morgan fingerprint density at radius 1 is 1.19 bits per heavy atom. The lowest BCUT2D eigenvalue weighted by Gasteiger charge is -2.38. The maximum atomic E-state index is 13.3. The van der Waals surface area contributed by atoms with Crippen LogP contribution in [0, 0.1) is 16.7 Å². The molecule has 0 spiro atoms. The van der Waals surface area contributed by atoms with Gasteiger partial charge >= 0.3 is 0 Å². The second kappa shape index (κ2) is 7.64. The largest absolute Gasteiger partial charge is 0.339 e. The van der Waals surface area contributed by atoms with Crippen LogP contribution in [0.5, 0.6) is 0 Å². The minimum atomic E-state index is -3.54. The highest BCUT2D eigenvalue weighted by Crippen LogP contribution is 2.64. The number of sulfonamides is 1. The first kappa shape index (κ1) is 22.0. The Morgan fingerprint density at radius 2 is 1.91 bits per heavy atom. The van der Waals surface area contributed by atoms with E-state index in [4.69, 9.17) is 16.1 Å². The number of ketones is 1. The molecular formula is C23H28ClN3O4S. The molecule has 0 radical (unpaired) electrons. The summed E-state index contributed by atoms with van der Waals surface area (Å²) in [6.07, 6.45) is 3.37. The third kappa shape index (κ3) is 3.33. The van der Waals surface area contributed by atoms with Gasteiger partial charge in [0.2, 0.25) is 21.7 Å². The molecule has 7 nitrogen and oxygen atoms in total. The lowest BCUT2D eigenvalue weighted by atomic mass is 9.70. The van der Waals surface area contributed by atoms with Gasteiger partial charge in [-0.15, -0.1) is 0 Å². The van der Waals surface area contributed by atoms with Crippen molar-refractivity contribution in [3.63, 3.8) is 0 Å². The van der Waals surface area contributed by atoms with Crippen molar-refractivity contribution in [1.29, 1.82) is 0 Å². The minimum Gasteiger partial charge on any atom is -0.339 e. The molecule has 2 bridgehead atoms. The summed E-state index contributed by atoms with van der Waals surface area (Å²) in [5.41, 5.74) is -0.278. The lowest BCUT2D eigenvalue weighted by molar-refractivity contribution is -0.128. The summed E-state index contributed by atoms with van der Waals surface area (Å²) in [5, 5.41) is 4.62. The molecular weight excluding hydrogens is 450 g/mol. The first-order valence-corrected chi connectivity index (χ1v) is 13.2. The third-order valence-electron chi connectivity index (χ3n) is 8.32. The predicted molar refractivity (Wildman–Crippen MR) is 121 cm³/mol. The molecule has 172 valence electrons. The van der Waals surface area contributed by atoms with E-state index in [2.05, 4.69) is 24.0 Å². The SMILES string of the molecule is CC1(C)C2CCC1(CS(=O)(=O)N1CCC(c3nc(-c4ccccc4Cl)no3)CC1)C(=O)C2. The van der Waals surface area contributed by atoms with Gasteiger partial charge in [0.25, 0.3) is 0 Å². The molecule has 1 saturated heterocycles. The van der Waals surface area contributed by atoms with Crippen LogP contribution < -0.4 is 0 Å². The maximum absolute atomic E-state index is 13.3. The Hall–Kier alpha value is -1.77. The van der Waals surface area contributed by atoms with Gasteiger partial charge in [-0.3, -0.25) is 4.79 Å². The second-order valence-corrected chi connectivity index (χ2v) is 12.4. The second-order valence-electron chi connectivity index (χ2n) is 10.0. The Morgan fingerprint density at radius 3 is 2.53 bits per heavy atom. The third-order valence-corrected chi connectivity index (χ3v) is 10.7. The molecule has 32 heavy (non-hydrogen) atoms. The summed E-state index contributed by atoms with van der Waals surface area (Å²) in [4.78, 5) is 17.3. The topological polar surface area (TPSA) is 93.4 Å². The van der Waals surface area contributed by atoms with E-state index >= 15 is 0 Å². The summed E-state index contributed by atoms with van der Waals surface area (Å²) < 4.78 is 33.7. The normalized spacial score (nSPS) is 28.5. The van der Waals surface area contributed by atoms with Crippen molar-refractivity contribution in [2.75, 3.05) is 18.8 Å². The average Bonchev–Trinajstić information content (AvgIpc) is 3.38. The predicted octanol–water partition coefficient (Wildman–Crippen LogP) is 4.29. The molecule has 3 fully saturated rings. The van der Waals surface area contributed by atoms with Crippen molar-refractivity contribution in [2.24, 2.45) is 16.7 Å². The van der Waals surface area contributed by atoms with E-state index in [-0.39, 0.29) is 22.9 Å². The highest BCUT2D eigenvalue weighted by molar-refractivity contribution is 7.89. The van der Waals surface area contributed by atoms with Crippen molar-refractivity contribution in [2.45, 2.75) is 51.9 Å². The van der Waals surface area contributed by atoms with Gasteiger partial charge in [-0.05, 0) is 49.1 Å². The first-order valence-electron chi connectivity index (χ1n) is 11.2. The van der Waals surface area contributed by atoms with Gasteiger partial charge in [0.05, 0.1) is 10.8 Å². The van der Waals surface area contributed by atoms with Crippen molar-refractivity contribution < 1.29 is 17.7 Å². The molecule has 2 aliphatic carbocycles. The van der Waals surface area contributed by atoms with Crippen LogP contribution in [-0.2, 0) is 14.8 Å². The number of hydrogen-bond acceptors (Lipinski definition) is 6. The summed E-state index contributed by atoms with van der Waals surface area (Å²) in [6.45, 7) is 4.93. The molecule has 2 atom stereocenters. The van der Waals surface area contributed by atoms with Crippen LogP contribution in [0.3, 0.4) is 0 Å². The fourth-order valence-corrected chi connectivity index (χ4v) is 8.51. The number of Topliss-reactive ketones (excluding diaryl/α,β-unsaturated/α-hetero) is 1. The van der Waals surface area contributed by atoms with E-state index in [1.165, 1.54) is 0 Å². The Kier molecular flexibility index (Phi) is 5.26. The first-order chi connectivity index (χ1) is 15.1. The Labute approximate surface area is 193 Å². The van der Waals surface area contributed by atoms with Gasteiger partial charge in [0, 0.05) is 36.4 Å². The van der Waals surface area contributed by atoms with Crippen molar-refractivity contribution in [3.05, 3.63) is 35.2 Å². The summed E-state index contributed by atoms with van der Waals surface area (Å²) >= 11 is 6.23. The molecule has 1 aromatic carbocycles. The smallest absolute Gasteiger partial charge is 0.230 e. The number of fused-ring (bicyclic) bond motifs is 2. The molecule has 0 N–H and O–H groups in total. The van der Waals surface area contributed by atoms with Gasteiger partial charge in [0.15, 0.2) is 0 Å². The molecule has 0 amide bonds. The monoisotopic (exact) mass is 477 g/mol. The van der Waals surface area contributed by atoms with E-state index in [9.17, 15) is 13.2 Å². The highest BCUT2D eigenvalue weighted by Gasteiger charge is 2.65. The molecule has 2 saturated carbocycles. The number of nitrogens with zero attached hydrogens (tertiary/aromatic N) is 3. The van der Waals surface area contributed by atoms with Gasteiger partial charge in [-0.25, -0.2) is 12.7 Å². The van der Waals surface area contributed by atoms with E-state index in [0.29, 0.717) is 67.0 Å². The molecule has 2 aromatic rings. The quantitative estimate of drug-likeness (QED) is 0.637. The minimum absolute atomic E-state index is 0.00349. The lowest BCUT2D eigenvalue weighted by Crippen LogP contribution is -2.48. The number of halogens is 1. The molecule has 5 rings (SSSR count). The number of rotatable bonds is 5. The van der Waals surface area contributed by atoms with Crippen LogP contribution in [0.4, 0.5) is 0 Å². The van der Waals surface area contributed by atoms with Crippen molar-refractivity contribution in [1.82, 2.24) is 14.4 Å². The molecule has 1 aliphatic heterocycles. The highest BCUT2D eigenvalue weighted by atomic mass is 35.5. The fourth-order valence-electron chi connectivity index (χ4n) is 6.04. The zero-order valence-corrected chi connectivity index (χ0v) is 20.0. The number of piperidine rings is 1. The van der Waals surface area contributed by atoms with E-state index in [0.717, 1.165) is 6.42 Å². The van der Waals surface area contributed by atoms with Gasteiger partial charge in [-0.2, -0.15) is 4.98 Å². The Bertz CT molecular complexity index is 1150. The van der Waals surface area contributed by atoms with Gasteiger partial charge < -0.3 is 4.52 Å². The van der Waals surface area contributed by atoms with Gasteiger partial charge in [0.1, 0.15) is 5.78 Å². The van der Waals surface area contributed by atoms with Crippen LogP contribution in [0.25, 0.3) is 11.4 Å². The van der Waals surface area contributed by atoms with Crippen LogP contribution in [0.15, 0.2) is 28.8 Å². The standard InChI is InChI=1S/C23H28ClN3O4S/c1-22(2)16-7-10-23(22,19(28)13-16)14-32(29,30)27-11-8-15(9-12-27)21-25-20(26-31-21)17-5-3-4-6-18(17)24/h3-6,15-16H,7-14H2,1-2H3. The van der Waals surface area contributed by atoms with Gasteiger partial charge in [-0.1, -0.05) is 42.7 Å². The maximum Gasteiger partial charge on any atom is 0.230 e. The molecule has 9 heteroatoms. The average molecular weight is 478 g/mol. The fraction of sp³-hybridized carbons (Fsp3) is 0.609. The number of benzene rings is 1. The van der Waals surface area contributed by atoms with E-state index in [1.54, 1.807) is 10.4 Å². The van der Waals surface area contributed by atoms with Crippen LogP contribution in [0.1, 0.15) is 57.8 Å². The molecule has 3 aliphatic rings. The zero-order valence-electron chi connectivity index (χ0n) is 18.4. The summed E-state index contributed by atoms with van der Waals surface area (Å²) in [5.74, 6) is 1.34. The summed E-state index contributed by atoms with van der Waals surface area (Å²) in [6, 6.07) is 7.32. The van der Waals surface area contributed by atoms with Crippen LogP contribution in [0.2, 0.25) is 5.02 Å². The van der Waals surface area contributed by atoms with Crippen LogP contribution in [-0.4, -0.2) is 47.5 Å². The van der Waals surface area contributed by atoms with Crippen molar-refractivity contribution in [3.8, 4) is 11.4 Å². The molecule has 2 heterocycles. The van der Waals surface area contributed by atoms with E-state index < -0.39 is 15.4 Å². The molecule has 2 unspecified atom stereocenters. The number of carbonyl (C=O) groups is 1. The van der Waals surface area contributed by atoms with Crippen LogP contribution >= 0.6 is 11.6 Å². The number of carbonyl (C=O) groups excluding carboxylic acids is 1. The number of hydrogen-bond donors (Lipinski definition) is 0. The van der Waals surface area contributed by atoms with E-state index in [1.807, 2.05) is 18.2 Å². The summed E-state index contributed by atoms with van der Waals surface area (Å²) in [7, 11) is -3.54. The Balaban J connectivity index is 1.27. The zero-order chi connectivity index (χ0) is 22.7. The molecule has 1 aromatic heterocycles.